The minimum atomic E-state index is -3.61. The Morgan fingerprint density at radius 3 is 2.75 bits per heavy atom. The highest BCUT2D eigenvalue weighted by molar-refractivity contribution is 7.90. The van der Waals surface area contributed by atoms with Crippen LogP contribution in [0.4, 0.5) is 0 Å². The van der Waals surface area contributed by atoms with Crippen molar-refractivity contribution in [2.45, 2.75) is 58.9 Å². The monoisotopic (exact) mass is 560 g/mol. The van der Waals surface area contributed by atoms with Gasteiger partial charge >= 0.3 is 0 Å². The molecule has 210 valence electrons. The maximum atomic E-state index is 13.2. The first-order valence-corrected chi connectivity index (χ1v) is 15.7. The smallest absolute Gasteiger partial charge is 0.260 e. The van der Waals surface area contributed by atoms with Crippen LogP contribution in [0.15, 0.2) is 71.2 Å². The summed E-state index contributed by atoms with van der Waals surface area (Å²) in [5.41, 5.74) is 2.43. The molecule has 2 heterocycles. The van der Waals surface area contributed by atoms with E-state index in [2.05, 4.69) is 18.8 Å². The average Bonchev–Trinajstić information content (AvgIpc) is 3.55. The standard InChI is InChI=1S/C32H36N2O5S/c1-22-27(33-30(39-22)24-11-5-4-6-12-24)16-18-38-26-13-7-9-23(19-26)10-8-14-29(35)34-28-20-25-15-17-32(28,31(25,2)3)21-40(34,36)37/h4-9,11-14,19,25,28H,10,15-18,20-21H2,1-3H3/b14-8-/t25?,28?,32-/m1/s1. The van der Waals surface area contributed by atoms with Crippen LogP contribution in [0, 0.1) is 23.7 Å². The number of benzene rings is 2. The number of amides is 1. The molecule has 1 aromatic heterocycles. The zero-order chi connectivity index (χ0) is 28.1. The van der Waals surface area contributed by atoms with Gasteiger partial charge in [-0.15, -0.1) is 0 Å². The van der Waals surface area contributed by atoms with Gasteiger partial charge < -0.3 is 9.15 Å². The molecule has 7 nitrogen and oxygen atoms in total. The van der Waals surface area contributed by atoms with Gasteiger partial charge in [0.05, 0.1) is 24.1 Å². The van der Waals surface area contributed by atoms with E-state index in [0.717, 1.165) is 47.6 Å². The summed E-state index contributed by atoms with van der Waals surface area (Å²) < 4.78 is 39.3. The Morgan fingerprint density at radius 2 is 1.98 bits per heavy atom. The van der Waals surface area contributed by atoms with Crippen molar-refractivity contribution in [2.24, 2.45) is 16.7 Å². The van der Waals surface area contributed by atoms with E-state index >= 15 is 0 Å². The number of nitrogens with zero attached hydrogens (tertiary/aromatic N) is 2. The highest BCUT2D eigenvalue weighted by Crippen LogP contribution is 2.69. The van der Waals surface area contributed by atoms with Gasteiger partial charge in [0, 0.05) is 23.5 Å². The molecular formula is C32H36N2O5S. The van der Waals surface area contributed by atoms with Crippen LogP contribution in [0.3, 0.4) is 0 Å². The van der Waals surface area contributed by atoms with Crippen LogP contribution in [0.2, 0.25) is 0 Å². The number of rotatable bonds is 8. The summed E-state index contributed by atoms with van der Waals surface area (Å²) >= 11 is 0. The number of oxazole rings is 1. The first-order chi connectivity index (χ1) is 19.1. The van der Waals surface area contributed by atoms with E-state index in [4.69, 9.17) is 9.15 Å². The maximum Gasteiger partial charge on any atom is 0.260 e. The molecule has 2 bridgehead atoms. The Morgan fingerprint density at radius 1 is 1.18 bits per heavy atom. The Bertz CT molecular complexity index is 1560. The van der Waals surface area contributed by atoms with Crippen LogP contribution >= 0.6 is 0 Å². The van der Waals surface area contributed by atoms with E-state index < -0.39 is 15.9 Å². The number of carbonyl (C=O) groups excluding carboxylic acids is 1. The molecule has 2 saturated carbocycles. The predicted molar refractivity (Wildman–Crippen MR) is 153 cm³/mol. The van der Waals surface area contributed by atoms with Crippen molar-refractivity contribution in [3.05, 3.63) is 83.8 Å². The van der Waals surface area contributed by atoms with E-state index in [1.807, 2.05) is 61.5 Å². The van der Waals surface area contributed by atoms with Gasteiger partial charge in [-0.1, -0.05) is 50.3 Å². The lowest BCUT2D eigenvalue weighted by molar-refractivity contribution is -0.124. The van der Waals surface area contributed by atoms with Gasteiger partial charge in [-0.25, -0.2) is 17.7 Å². The second kappa shape index (κ2) is 9.91. The molecular weight excluding hydrogens is 524 g/mol. The topological polar surface area (TPSA) is 89.7 Å². The van der Waals surface area contributed by atoms with Gasteiger partial charge in [0.1, 0.15) is 11.5 Å². The Labute approximate surface area is 236 Å². The second-order valence-electron chi connectivity index (χ2n) is 12.0. The molecule has 1 amide bonds. The quantitative estimate of drug-likeness (QED) is 0.327. The third kappa shape index (κ3) is 4.46. The van der Waals surface area contributed by atoms with Crippen molar-refractivity contribution >= 4 is 15.9 Å². The molecule has 40 heavy (non-hydrogen) atoms. The molecule has 6 rings (SSSR count). The van der Waals surface area contributed by atoms with E-state index in [9.17, 15) is 13.2 Å². The van der Waals surface area contributed by atoms with Gasteiger partial charge in [-0.3, -0.25) is 4.79 Å². The molecule has 1 saturated heterocycles. The summed E-state index contributed by atoms with van der Waals surface area (Å²) in [4.78, 5) is 17.8. The van der Waals surface area contributed by atoms with E-state index in [1.165, 1.54) is 10.4 Å². The van der Waals surface area contributed by atoms with Crippen molar-refractivity contribution in [1.82, 2.24) is 9.29 Å². The lowest BCUT2D eigenvalue weighted by atomic mass is 9.69. The Balaban J connectivity index is 1.06. The number of aromatic nitrogens is 1. The van der Waals surface area contributed by atoms with Gasteiger partial charge in [0.2, 0.25) is 15.9 Å². The van der Waals surface area contributed by atoms with Crippen LogP contribution in [-0.2, 0) is 27.7 Å². The Hall–Kier alpha value is -3.39. The third-order valence-corrected chi connectivity index (χ3v) is 11.6. The fourth-order valence-corrected chi connectivity index (χ4v) is 9.85. The molecule has 3 atom stereocenters. The third-order valence-electron chi connectivity index (χ3n) is 9.66. The lowest BCUT2D eigenvalue weighted by Gasteiger charge is -2.36. The molecule has 1 spiro atoms. The van der Waals surface area contributed by atoms with E-state index in [1.54, 1.807) is 6.08 Å². The molecule has 3 fully saturated rings. The number of hydrogen-bond acceptors (Lipinski definition) is 6. The molecule has 2 aliphatic carbocycles. The molecule has 2 aromatic carbocycles. The van der Waals surface area contributed by atoms with Crippen LogP contribution in [0.5, 0.6) is 5.75 Å². The number of sulfonamides is 1. The summed E-state index contributed by atoms with van der Waals surface area (Å²) in [7, 11) is -3.61. The number of ether oxygens (including phenoxy) is 1. The number of hydrogen-bond donors (Lipinski definition) is 0. The van der Waals surface area contributed by atoms with Crippen LogP contribution < -0.4 is 4.74 Å². The van der Waals surface area contributed by atoms with Crippen molar-refractivity contribution in [2.75, 3.05) is 12.4 Å². The molecule has 3 aromatic rings. The van der Waals surface area contributed by atoms with Crippen molar-refractivity contribution in [1.29, 1.82) is 0 Å². The fraction of sp³-hybridized carbons (Fsp3) is 0.438. The minimum Gasteiger partial charge on any atom is -0.493 e. The summed E-state index contributed by atoms with van der Waals surface area (Å²) in [6.07, 6.45) is 7.04. The molecule has 0 N–H and O–H groups in total. The summed E-state index contributed by atoms with van der Waals surface area (Å²) in [6, 6.07) is 17.3. The first kappa shape index (κ1) is 26.8. The van der Waals surface area contributed by atoms with Gasteiger partial charge in [-0.2, -0.15) is 0 Å². The molecule has 1 aliphatic heterocycles. The van der Waals surface area contributed by atoms with Gasteiger partial charge in [0.15, 0.2) is 0 Å². The van der Waals surface area contributed by atoms with Crippen molar-refractivity contribution in [3.63, 3.8) is 0 Å². The fourth-order valence-electron chi connectivity index (χ4n) is 7.34. The summed E-state index contributed by atoms with van der Waals surface area (Å²) in [6.45, 7) is 6.74. The summed E-state index contributed by atoms with van der Waals surface area (Å²) in [5.74, 6) is 2.28. The van der Waals surface area contributed by atoms with Crippen molar-refractivity contribution < 1.29 is 22.4 Å². The SMILES string of the molecule is Cc1oc(-c2ccccc2)nc1CCOc1cccc(C/C=C\C(=O)N2C3CC4CC[C@]3(CS2(=O)=O)C4(C)C)c1. The minimum absolute atomic E-state index is 0.0551. The largest absolute Gasteiger partial charge is 0.493 e. The van der Waals surface area contributed by atoms with Crippen LogP contribution in [-0.4, -0.2) is 42.0 Å². The van der Waals surface area contributed by atoms with Gasteiger partial charge in [-0.05, 0) is 73.8 Å². The highest BCUT2D eigenvalue weighted by atomic mass is 32.2. The zero-order valence-electron chi connectivity index (χ0n) is 23.3. The van der Waals surface area contributed by atoms with Crippen LogP contribution in [0.1, 0.15) is 50.1 Å². The average molecular weight is 561 g/mol. The highest BCUT2D eigenvalue weighted by Gasteiger charge is 2.72. The molecule has 0 radical (unpaired) electrons. The van der Waals surface area contributed by atoms with Crippen molar-refractivity contribution in [3.8, 4) is 17.2 Å². The lowest BCUT2D eigenvalue weighted by Crippen LogP contribution is -2.43. The van der Waals surface area contributed by atoms with Crippen LogP contribution in [0.25, 0.3) is 11.5 Å². The maximum absolute atomic E-state index is 13.2. The Kier molecular flexibility index (Phi) is 6.64. The number of fused-ring (bicyclic) bond motifs is 1. The second-order valence-corrected chi connectivity index (χ2v) is 13.8. The number of aryl methyl sites for hydroxylation is 1. The molecule has 3 aliphatic rings. The number of carbonyl (C=O) groups is 1. The predicted octanol–water partition coefficient (Wildman–Crippen LogP) is 5.74. The zero-order valence-corrected chi connectivity index (χ0v) is 24.1. The summed E-state index contributed by atoms with van der Waals surface area (Å²) in [5, 5.41) is 0. The first-order valence-electron chi connectivity index (χ1n) is 14.1. The van der Waals surface area contributed by atoms with Gasteiger partial charge in [0.25, 0.3) is 5.91 Å². The molecule has 2 unspecified atom stereocenters. The van der Waals surface area contributed by atoms with E-state index in [-0.39, 0.29) is 22.6 Å². The normalized spacial score (nSPS) is 25.9. The molecule has 8 heteroatoms. The van der Waals surface area contributed by atoms with E-state index in [0.29, 0.717) is 31.3 Å². The number of allylic oxidation sites excluding steroid dienone is 1.